The van der Waals surface area contributed by atoms with E-state index in [-0.39, 0.29) is 30.7 Å². The van der Waals surface area contributed by atoms with Gasteiger partial charge in [-0.2, -0.15) is 22.5 Å². The zero-order valence-corrected chi connectivity index (χ0v) is 17.6. The highest BCUT2D eigenvalue weighted by molar-refractivity contribution is 5.46. The van der Waals surface area contributed by atoms with Crippen LogP contribution in [0.25, 0.3) is 0 Å². The third-order valence-electron chi connectivity index (χ3n) is 4.72. The van der Waals surface area contributed by atoms with E-state index in [9.17, 15) is 17.6 Å². The number of rotatable bonds is 9. The highest BCUT2D eigenvalue weighted by Gasteiger charge is 2.19. The zero-order chi connectivity index (χ0) is 22.7. The van der Waals surface area contributed by atoms with Crippen LogP contribution in [0.5, 0.6) is 0 Å². The molecule has 0 aliphatic carbocycles. The van der Waals surface area contributed by atoms with Gasteiger partial charge in [0.1, 0.15) is 17.5 Å². The lowest BCUT2D eigenvalue weighted by Crippen LogP contribution is -2.25. The van der Waals surface area contributed by atoms with Crippen LogP contribution in [0.2, 0.25) is 0 Å². The van der Waals surface area contributed by atoms with E-state index >= 15 is 0 Å². The molecule has 0 aliphatic rings. The van der Waals surface area contributed by atoms with Crippen molar-refractivity contribution < 1.29 is 17.6 Å². The van der Waals surface area contributed by atoms with Gasteiger partial charge in [-0.05, 0) is 5.92 Å². The molecule has 0 spiro atoms. The first-order valence-electron chi connectivity index (χ1n) is 9.58. The number of hydrogen-bond acceptors (Lipinski definition) is 6. The molecule has 0 saturated carbocycles. The number of imidazole rings is 2. The number of anilines is 2. The maximum atomic E-state index is 13.1. The van der Waals surface area contributed by atoms with E-state index in [2.05, 4.69) is 19.9 Å². The van der Waals surface area contributed by atoms with Crippen molar-refractivity contribution in [1.29, 1.82) is 0 Å². The summed E-state index contributed by atoms with van der Waals surface area (Å²) in [6, 6.07) is 1.78. The Morgan fingerprint density at radius 1 is 0.839 bits per heavy atom. The van der Waals surface area contributed by atoms with Crippen molar-refractivity contribution in [3.63, 3.8) is 0 Å². The Bertz CT molecular complexity index is 928. The first-order valence-corrected chi connectivity index (χ1v) is 9.58. The van der Waals surface area contributed by atoms with Crippen LogP contribution in [-0.4, -0.2) is 43.2 Å². The quantitative estimate of drug-likeness (QED) is 0.468. The number of hydrogen-bond donors (Lipinski definition) is 0. The van der Waals surface area contributed by atoms with Crippen molar-refractivity contribution in [2.45, 2.75) is 46.0 Å². The van der Waals surface area contributed by atoms with Crippen LogP contribution in [-0.2, 0) is 13.1 Å². The molecule has 3 rings (SSSR count). The van der Waals surface area contributed by atoms with E-state index in [1.165, 1.54) is 24.8 Å². The van der Waals surface area contributed by atoms with Crippen molar-refractivity contribution in [2.24, 2.45) is 0 Å². The molecule has 3 aromatic rings. The number of nitrogens with zero attached hydrogens (tertiary/aromatic N) is 8. The minimum Gasteiger partial charge on any atom is -0.352 e. The van der Waals surface area contributed by atoms with Crippen molar-refractivity contribution >= 4 is 11.8 Å². The third-order valence-corrected chi connectivity index (χ3v) is 4.72. The summed E-state index contributed by atoms with van der Waals surface area (Å²) in [6.45, 7) is -1.30. The predicted molar refractivity (Wildman–Crippen MR) is 107 cm³/mol. The summed E-state index contributed by atoms with van der Waals surface area (Å²) in [5.41, 5.74) is 0.730. The Hall–Kier alpha value is -3.18. The summed E-state index contributed by atoms with van der Waals surface area (Å²) < 4.78 is 54.1. The molecule has 0 aliphatic heterocycles. The average molecular weight is 440 g/mol. The standard InChI is InChI=1S/C19H24F4N8/c1-12(2)13-9-14(28(3)10-15-24-5-7-30(15)17(20)21)27-19(26-13)29(4)11-16-25-6-8-31(16)18(22)23/h5-9,12,17-18H,10-11H2,1-4H3. The Morgan fingerprint density at radius 3 is 1.84 bits per heavy atom. The van der Waals surface area contributed by atoms with E-state index in [0.29, 0.717) is 11.8 Å². The monoisotopic (exact) mass is 440 g/mol. The first kappa shape index (κ1) is 22.5. The van der Waals surface area contributed by atoms with Gasteiger partial charge in [-0.3, -0.25) is 9.13 Å². The van der Waals surface area contributed by atoms with E-state index < -0.39 is 13.1 Å². The molecular formula is C19H24F4N8. The van der Waals surface area contributed by atoms with E-state index in [1.54, 1.807) is 30.0 Å². The fourth-order valence-electron chi connectivity index (χ4n) is 2.97. The van der Waals surface area contributed by atoms with Crippen LogP contribution in [0.4, 0.5) is 29.3 Å². The lowest BCUT2D eigenvalue weighted by molar-refractivity contribution is 0.0665. The van der Waals surface area contributed by atoms with Crippen LogP contribution >= 0.6 is 0 Å². The molecule has 8 nitrogen and oxygen atoms in total. The molecule has 3 heterocycles. The van der Waals surface area contributed by atoms with Crippen molar-refractivity contribution in [2.75, 3.05) is 23.9 Å². The molecule has 0 N–H and O–H groups in total. The molecule has 168 valence electrons. The van der Waals surface area contributed by atoms with Gasteiger partial charge in [0.05, 0.1) is 18.8 Å². The van der Waals surface area contributed by atoms with Crippen LogP contribution in [0.3, 0.4) is 0 Å². The summed E-state index contributed by atoms with van der Waals surface area (Å²) in [5.74, 6) is 1.24. The van der Waals surface area contributed by atoms with Gasteiger partial charge in [-0.1, -0.05) is 13.8 Å². The summed E-state index contributed by atoms with van der Waals surface area (Å²) >= 11 is 0. The molecule has 0 unspecified atom stereocenters. The predicted octanol–water partition coefficient (Wildman–Crippen LogP) is 4.06. The maximum absolute atomic E-state index is 13.1. The van der Waals surface area contributed by atoms with Gasteiger partial charge in [0.25, 0.3) is 0 Å². The smallest absolute Gasteiger partial charge is 0.319 e. The summed E-state index contributed by atoms with van der Waals surface area (Å²) in [6.07, 6.45) is 5.06. The summed E-state index contributed by atoms with van der Waals surface area (Å²) in [4.78, 5) is 20.3. The van der Waals surface area contributed by atoms with Gasteiger partial charge in [-0.15, -0.1) is 0 Å². The lowest BCUT2D eigenvalue weighted by atomic mass is 10.1. The van der Waals surface area contributed by atoms with Crippen LogP contribution < -0.4 is 9.80 Å². The molecule has 0 fully saturated rings. The normalized spacial score (nSPS) is 11.7. The number of alkyl halides is 4. The second kappa shape index (κ2) is 9.31. The Morgan fingerprint density at radius 2 is 1.35 bits per heavy atom. The van der Waals surface area contributed by atoms with Gasteiger partial charge in [0.15, 0.2) is 0 Å². The van der Waals surface area contributed by atoms with Gasteiger partial charge < -0.3 is 9.80 Å². The summed E-state index contributed by atoms with van der Waals surface area (Å²) in [7, 11) is 3.39. The van der Waals surface area contributed by atoms with Gasteiger partial charge in [0.2, 0.25) is 5.95 Å². The molecule has 3 aromatic heterocycles. The van der Waals surface area contributed by atoms with Crippen molar-refractivity contribution in [1.82, 2.24) is 29.1 Å². The molecule has 0 atom stereocenters. The highest BCUT2D eigenvalue weighted by Crippen LogP contribution is 2.24. The number of halogens is 4. The molecule has 12 heteroatoms. The second-order valence-electron chi connectivity index (χ2n) is 7.37. The Labute approximate surface area is 177 Å². The largest absolute Gasteiger partial charge is 0.352 e. The fraction of sp³-hybridized carbons (Fsp3) is 0.474. The van der Waals surface area contributed by atoms with Crippen LogP contribution in [0.15, 0.2) is 30.9 Å². The molecule has 0 bridgehead atoms. The van der Waals surface area contributed by atoms with Gasteiger partial charge in [0, 0.05) is 44.9 Å². The minimum atomic E-state index is -2.70. The van der Waals surface area contributed by atoms with E-state index in [1.807, 2.05) is 13.8 Å². The van der Waals surface area contributed by atoms with Crippen LogP contribution in [0, 0.1) is 0 Å². The molecule has 0 radical (unpaired) electrons. The molecule has 0 amide bonds. The second-order valence-corrected chi connectivity index (χ2v) is 7.37. The van der Waals surface area contributed by atoms with Crippen molar-refractivity contribution in [3.8, 4) is 0 Å². The minimum absolute atomic E-state index is 0.0633. The van der Waals surface area contributed by atoms with Gasteiger partial charge in [-0.25, -0.2) is 15.0 Å². The molecule has 0 saturated heterocycles. The highest BCUT2D eigenvalue weighted by atomic mass is 19.3. The van der Waals surface area contributed by atoms with Gasteiger partial charge >= 0.3 is 13.1 Å². The Kier molecular flexibility index (Phi) is 6.76. The SMILES string of the molecule is CC(C)c1cc(N(C)Cc2nccn2C(F)F)nc(N(C)Cc2nccn2C(F)F)n1. The third kappa shape index (κ3) is 5.12. The lowest BCUT2D eigenvalue weighted by Gasteiger charge is -2.23. The summed E-state index contributed by atoms with van der Waals surface area (Å²) in [5, 5.41) is 0. The zero-order valence-electron chi connectivity index (χ0n) is 17.6. The van der Waals surface area contributed by atoms with Crippen LogP contribution in [0.1, 0.15) is 50.2 Å². The maximum Gasteiger partial charge on any atom is 0.319 e. The topological polar surface area (TPSA) is 67.9 Å². The average Bonchev–Trinajstić information content (AvgIpc) is 3.37. The Balaban J connectivity index is 1.88. The molecule has 0 aromatic carbocycles. The van der Waals surface area contributed by atoms with E-state index in [4.69, 9.17) is 0 Å². The molecule has 31 heavy (non-hydrogen) atoms. The fourth-order valence-corrected chi connectivity index (χ4v) is 2.97. The first-order chi connectivity index (χ1) is 14.7. The molecular weight excluding hydrogens is 416 g/mol. The number of aromatic nitrogens is 6. The van der Waals surface area contributed by atoms with E-state index in [0.717, 1.165) is 14.8 Å². The van der Waals surface area contributed by atoms with Crippen molar-refractivity contribution in [3.05, 3.63) is 48.2 Å².